The first-order valence-electron chi connectivity index (χ1n) is 6.50. The van der Waals surface area contributed by atoms with Gasteiger partial charge in [-0.2, -0.15) is 0 Å². The Hall–Kier alpha value is -1.56. The fourth-order valence-corrected chi connectivity index (χ4v) is 3.52. The van der Waals surface area contributed by atoms with Gasteiger partial charge in [0.1, 0.15) is 4.90 Å². The van der Waals surface area contributed by atoms with E-state index in [0.717, 1.165) is 5.56 Å². The van der Waals surface area contributed by atoms with Gasteiger partial charge in [0.15, 0.2) is 0 Å². The molecular formula is C15H16ClNO3S. The summed E-state index contributed by atoms with van der Waals surface area (Å²) in [6, 6.07) is 13.4. The fourth-order valence-electron chi connectivity index (χ4n) is 1.95. The van der Waals surface area contributed by atoms with Gasteiger partial charge in [0.05, 0.1) is 5.02 Å². The minimum Gasteiger partial charge on any atom is -0.396 e. The van der Waals surface area contributed by atoms with E-state index in [1.54, 1.807) is 30.3 Å². The summed E-state index contributed by atoms with van der Waals surface area (Å²) in [5, 5.41) is 9.02. The minimum absolute atomic E-state index is 0.0485. The molecule has 4 nitrogen and oxygen atoms in total. The van der Waals surface area contributed by atoms with Gasteiger partial charge in [-0.15, -0.1) is 0 Å². The number of aryl methyl sites for hydroxylation is 1. The minimum atomic E-state index is -3.71. The van der Waals surface area contributed by atoms with Gasteiger partial charge in [-0.1, -0.05) is 35.9 Å². The van der Waals surface area contributed by atoms with E-state index in [1.807, 2.05) is 6.07 Å². The molecule has 0 amide bonds. The predicted octanol–water partition coefficient (Wildman–Crippen LogP) is 3.07. The number of hydrogen-bond acceptors (Lipinski definition) is 3. The molecule has 112 valence electrons. The second kappa shape index (κ2) is 6.93. The SMILES string of the molecule is O=S(=O)(Nc1cccc(CCCO)c1)c1ccccc1Cl. The van der Waals surface area contributed by atoms with Gasteiger partial charge in [-0.05, 0) is 42.7 Å². The third-order valence-corrected chi connectivity index (χ3v) is 4.81. The molecule has 0 unspecified atom stereocenters. The van der Waals surface area contributed by atoms with Crippen LogP contribution in [0.3, 0.4) is 0 Å². The zero-order valence-corrected chi connectivity index (χ0v) is 12.9. The lowest BCUT2D eigenvalue weighted by atomic mass is 10.1. The number of halogens is 1. The van der Waals surface area contributed by atoms with E-state index in [4.69, 9.17) is 16.7 Å². The van der Waals surface area contributed by atoms with Crippen LogP contribution < -0.4 is 4.72 Å². The van der Waals surface area contributed by atoms with Crippen LogP contribution in [-0.4, -0.2) is 20.1 Å². The van der Waals surface area contributed by atoms with Crippen LogP contribution in [0.1, 0.15) is 12.0 Å². The predicted molar refractivity (Wildman–Crippen MR) is 84.1 cm³/mol. The number of nitrogens with one attached hydrogen (secondary N) is 1. The van der Waals surface area contributed by atoms with Crippen molar-refractivity contribution in [2.75, 3.05) is 11.3 Å². The number of sulfonamides is 1. The van der Waals surface area contributed by atoms with Crippen LogP contribution in [0.4, 0.5) is 5.69 Å². The zero-order valence-electron chi connectivity index (χ0n) is 11.3. The van der Waals surface area contributed by atoms with Crippen molar-refractivity contribution >= 4 is 27.3 Å². The maximum atomic E-state index is 12.3. The Balaban J connectivity index is 2.23. The molecule has 0 saturated heterocycles. The van der Waals surface area contributed by atoms with Gasteiger partial charge in [0.2, 0.25) is 0 Å². The molecule has 2 aromatic carbocycles. The van der Waals surface area contributed by atoms with Crippen molar-refractivity contribution in [3.05, 3.63) is 59.1 Å². The van der Waals surface area contributed by atoms with Crippen LogP contribution in [-0.2, 0) is 16.4 Å². The molecule has 0 heterocycles. The highest BCUT2D eigenvalue weighted by atomic mass is 35.5. The quantitative estimate of drug-likeness (QED) is 0.857. The molecule has 0 fully saturated rings. The van der Waals surface area contributed by atoms with Crippen LogP contribution >= 0.6 is 11.6 Å². The van der Waals surface area contributed by atoms with Gasteiger partial charge < -0.3 is 5.11 Å². The van der Waals surface area contributed by atoms with Gasteiger partial charge in [0.25, 0.3) is 10.0 Å². The first-order valence-corrected chi connectivity index (χ1v) is 8.36. The summed E-state index contributed by atoms with van der Waals surface area (Å²) < 4.78 is 27.1. The smallest absolute Gasteiger partial charge is 0.263 e. The molecule has 6 heteroatoms. The molecule has 2 N–H and O–H groups in total. The number of aliphatic hydroxyl groups is 1. The van der Waals surface area contributed by atoms with Crippen LogP contribution in [0.25, 0.3) is 0 Å². The normalized spacial score (nSPS) is 11.3. The molecule has 21 heavy (non-hydrogen) atoms. The van der Waals surface area contributed by atoms with E-state index in [-0.39, 0.29) is 16.5 Å². The molecule has 2 aromatic rings. The Labute approximate surface area is 129 Å². The summed E-state index contributed by atoms with van der Waals surface area (Å²) in [5.41, 5.74) is 1.44. The molecular weight excluding hydrogens is 310 g/mol. The second-order valence-electron chi connectivity index (χ2n) is 4.56. The summed E-state index contributed by atoms with van der Waals surface area (Å²) in [5.74, 6) is 0. The average molecular weight is 326 g/mol. The fraction of sp³-hybridized carbons (Fsp3) is 0.200. The van der Waals surface area contributed by atoms with E-state index in [1.165, 1.54) is 12.1 Å². The van der Waals surface area contributed by atoms with Crippen LogP contribution in [0.2, 0.25) is 5.02 Å². The van der Waals surface area contributed by atoms with E-state index >= 15 is 0 Å². The topological polar surface area (TPSA) is 66.4 Å². The molecule has 0 aliphatic heterocycles. The lowest BCUT2D eigenvalue weighted by Crippen LogP contribution is -2.13. The van der Waals surface area contributed by atoms with Crippen molar-refractivity contribution < 1.29 is 13.5 Å². The monoisotopic (exact) mass is 325 g/mol. The molecule has 0 aliphatic rings. The first kappa shape index (κ1) is 15.8. The summed E-state index contributed by atoms with van der Waals surface area (Å²) in [6.07, 6.45) is 1.33. The lowest BCUT2D eigenvalue weighted by molar-refractivity contribution is 0.288. The Morgan fingerprint density at radius 3 is 2.57 bits per heavy atom. The molecule has 0 radical (unpaired) electrons. The first-order chi connectivity index (χ1) is 10.0. The van der Waals surface area contributed by atoms with Gasteiger partial charge in [-0.25, -0.2) is 8.42 Å². The maximum absolute atomic E-state index is 12.3. The Bertz CT molecular complexity index is 716. The Morgan fingerprint density at radius 2 is 1.86 bits per heavy atom. The van der Waals surface area contributed by atoms with Crippen molar-refractivity contribution in [2.45, 2.75) is 17.7 Å². The summed E-state index contributed by atoms with van der Waals surface area (Å²) >= 11 is 5.93. The summed E-state index contributed by atoms with van der Waals surface area (Å²) in [6.45, 7) is 0.107. The van der Waals surface area contributed by atoms with Gasteiger partial charge in [-0.3, -0.25) is 4.72 Å². The van der Waals surface area contributed by atoms with Gasteiger partial charge >= 0.3 is 0 Å². The number of hydrogen-bond donors (Lipinski definition) is 2. The van der Waals surface area contributed by atoms with Crippen LogP contribution in [0, 0.1) is 0 Å². The number of rotatable bonds is 6. The summed E-state index contributed by atoms with van der Waals surface area (Å²) in [4.78, 5) is 0.0485. The highest BCUT2D eigenvalue weighted by molar-refractivity contribution is 7.92. The highest BCUT2D eigenvalue weighted by Crippen LogP contribution is 2.23. The Kier molecular flexibility index (Phi) is 5.22. The van der Waals surface area contributed by atoms with Crippen molar-refractivity contribution in [3.8, 4) is 0 Å². The van der Waals surface area contributed by atoms with E-state index in [0.29, 0.717) is 18.5 Å². The molecule has 0 spiro atoms. The van der Waals surface area contributed by atoms with E-state index in [2.05, 4.69) is 4.72 Å². The molecule has 0 atom stereocenters. The van der Waals surface area contributed by atoms with Crippen molar-refractivity contribution in [2.24, 2.45) is 0 Å². The molecule has 0 bridgehead atoms. The van der Waals surface area contributed by atoms with E-state index in [9.17, 15) is 8.42 Å². The lowest BCUT2D eigenvalue weighted by Gasteiger charge is -2.10. The van der Waals surface area contributed by atoms with Crippen LogP contribution in [0.15, 0.2) is 53.4 Å². The molecule has 0 aliphatic carbocycles. The number of benzene rings is 2. The summed E-state index contributed by atoms with van der Waals surface area (Å²) in [7, 11) is -3.71. The van der Waals surface area contributed by atoms with Gasteiger partial charge in [0, 0.05) is 12.3 Å². The van der Waals surface area contributed by atoms with Crippen LogP contribution in [0.5, 0.6) is 0 Å². The molecule has 0 aromatic heterocycles. The largest absolute Gasteiger partial charge is 0.396 e. The van der Waals surface area contributed by atoms with Crippen molar-refractivity contribution in [1.29, 1.82) is 0 Å². The molecule has 2 rings (SSSR count). The van der Waals surface area contributed by atoms with Crippen molar-refractivity contribution in [3.63, 3.8) is 0 Å². The average Bonchev–Trinajstić information content (AvgIpc) is 2.45. The molecule has 0 saturated carbocycles. The van der Waals surface area contributed by atoms with E-state index < -0.39 is 10.0 Å². The number of aliphatic hydroxyl groups excluding tert-OH is 1. The zero-order chi connectivity index (χ0) is 15.3. The third-order valence-electron chi connectivity index (χ3n) is 2.93. The number of anilines is 1. The standard InChI is InChI=1S/C15H16ClNO3S/c16-14-8-1-2-9-15(14)21(19,20)17-13-7-3-5-12(11-13)6-4-10-18/h1-3,5,7-9,11,17-18H,4,6,10H2. The second-order valence-corrected chi connectivity index (χ2v) is 6.62. The Morgan fingerprint density at radius 1 is 1.10 bits per heavy atom. The maximum Gasteiger partial charge on any atom is 0.263 e. The highest BCUT2D eigenvalue weighted by Gasteiger charge is 2.17. The van der Waals surface area contributed by atoms with Crippen molar-refractivity contribution in [1.82, 2.24) is 0 Å². The third kappa shape index (κ3) is 4.20.